The van der Waals surface area contributed by atoms with Crippen LogP contribution in [0.2, 0.25) is 0 Å². The number of aliphatic hydroxyl groups excluding tert-OH is 2. The third-order valence-corrected chi connectivity index (χ3v) is 11.4. The average molecular weight is 833 g/mol. The molecule has 0 rings (SSSR count). The molecule has 0 saturated carbocycles. The molecule has 0 heterocycles. The SMILES string of the molecule is CCCCC/C=C\CCCCCCCC(=O)OC(COC(=O)CCCCCCCCCCCCCCCCCCCCCCCC)COP(=O)(O)OCC(O)CO. The van der Waals surface area contributed by atoms with Gasteiger partial charge >= 0.3 is 19.8 Å². The van der Waals surface area contributed by atoms with E-state index in [-0.39, 0.29) is 19.4 Å². The molecule has 0 saturated heterocycles. The molecule has 3 atom stereocenters. The Morgan fingerprint density at radius 2 is 0.860 bits per heavy atom. The third kappa shape index (κ3) is 42.6. The van der Waals surface area contributed by atoms with E-state index in [2.05, 4.69) is 26.0 Å². The molecule has 0 aromatic rings. The summed E-state index contributed by atoms with van der Waals surface area (Å²) in [6.07, 6.45) is 41.9. The molecule has 0 spiro atoms. The van der Waals surface area contributed by atoms with Crippen LogP contribution < -0.4 is 0 Å². The van der Waals surface area contributed by atoms with Gasteiger partial charge < -0.3 is 24.6 Å². The number of hydrogen-bond acceptors (Lipinski definition) is 9. The van der Waals surface area contributed by atoms with Crippen LogP contribution in [-0.2, 0) is 32.7 Å². The van der Waals surface area contributed by atoms with Crippen LogP contribution in [0.5, 0.6) is 0 Å². The number of ether oxygens (including phenoxy) is 2. The first-order valence-electron chi connectivity index (χ1n) is 23.6. The summed E-state index contributed by atoms with van der Waals surface area (Å²) in [4.78, 5) is 35.0. The number of aliphatic hydroxyl groups is 2. The van der Waals surface area contributed by atoms with E-state index in [1.807, 2.05) is 0 Å². The molecule has 11 heteroatoms. The Morgan fingerprint density at radius 1 is 0.509 bits per heavy atom. The largest absolute Gasteiger partial charge is 0.472 e. The number of carbonyl (C=O) groups excluding carboxylic acids is 2. The van der Waals surface area contributed by atoms with Crippen LogP contribution in [0, 0.1) is 0 Å². The number of phosphoric acid groups is 1. The molecule has 338 valence electrons. The van der Waals surface area contributed by atoms with Gasteiger partial charge in [0.1, 0.15) is 12.7 Å². The van der Waals surface area contributed by atoms with Crippen molar-refractivity contribution in [2.24, 2.45) is 0 Å². The quantitative estimate of drug-likeness (QED) is 0.0234. The van der Waals surface area contributed by atoms with Crippen molar-refractivity contribution in [2.75, 3.05) is 26.4 Å². The van der Waals surface area contributed by atoms with E-state index in [0.717, 1.165) is 57.8 Å². The first-order chi connectivity index (χ1) is 27.7. The van der Waals surface area contributed by atoms with E-state index >= 15 is 0 Å². The van der Waals surface area contributed by atoms with Crippen molar-refractivity contribution >= 4 is 19.8 Å². The molecule has 3 N–H and O–H groups in total. The summed E-state index contributed by atoms with van der Waals surface area (Å²) in [6.45, 7) is 2.38. The molecule has 0 aliphatic rings. The fourth-order valence-electron chi connectivity index (χ4n) is 6.75. The van der Waals surface area contributed by atoms with E-state index in [1.54, 1.807) is 0 Å². The standard InChI is InChI=1S/C46H89O10P/c1-3-5-7-9-11-13-15-17-18-19-20-21-22-23-24-25-26-28-29-31-33-35-37-45(49)53-41-44(42-55-57(51,52)54-40-43(48)39-47)56-46(50)38-36-34-32-30-27-16-14-12-10-8-6-4-2/h12,14,43-44,47-48H,3-11,13,15-42H2,1-2H3,(H,51,52)/b14-12-. The zero-order valence-electron chi connectivity index (χ0n) is 36.8. The maximum atomic E-state index is 12.6. The van der Waals surface area contributed by atoms with Crippen LogP contribution in [0.3, 0.4) is 0 Å². The smallest absolute Gasteiger partial charge is 0.462 e. The number of unbranched alkanes of at least 4 members (excludes halogenated alkanes) is 29. The van der Waals surface area contributed by atoms with E-state index in [9.17, 15) is 24.2 Å². The Balaban J connectivity index is 4.11. The molecular formula is C46H89O10P. The fourth-order valence-corrected chi connectivity index (χ4v) is 7.54. The Hall–Kier alpha value is -1.29. The lowest BCUT2D eigenvalue weighted by Gasteiger charge is -2.20. The summed E-state index contributed by atoms with van der Waals surface area (Å²) < 4.78 is 32.7. The van der Waals surface area contributed by atoms with E-state index in [0.29, 0.717) is 12.8 Å². The highest BCUT2D eigenvalue weighted by Crippen LogP contribution is 2.43. The van der Waals surface area contributed by atoms with Gasteiger partial charge in [0.05, 0.1) is 19.8 Å². The highest BCUT2D eigenvalue weighted by Gasteiger charge is 2.27. The maximum Gasteiger partial charge on any atom is 0.472 e. The number of allylic oxidation sites excluding steroid dienone is 2. The monoisotopic (exact) mass is 833 g/mol. The summed E-state index contributed by atoms with van der Waals surface area (Å²) >= 11 is 0. The lowest BCUT2D eigenvalue weighted by Crippen LogP contribution is -2.29. The van der Waals surface area contributed by atoms with Crippen LogP contribution in [0.4, 0.5) is 0 Å². The molecule has 0 aliphatic heterocycles. The van der Waals surface area contributed by atoms with Gasteiger partial charge in [0.15, 0.2) is 6.10 Å². The molecule has 0 aliphatic carbocycles. The van der Waals surface area contributed by atoms with Gasteiger partial charge in [0, 0.05) is 12.8 Å². The van der Waals surface area contributed by atoms with Crippen molar-refractivity contribution in [2.45, 2.75) is 244 Å². The van der Waals surface area contributed by atoms with Crippen LogP contribution in [0.25, 0.3) is 0 Å². The number of hydrogen-bond donors (Lipinski definition) is 3. The summed E-state index contributed by atoms with van der Waals surface area (Å²) in [7, 11) is -4.61. The van der Waals surface area contributed by atoms with Crippen molar-refractivity contribution in [3.8, 4) is 0 Å². The average Bonchev–Trinajstić information content (AvgIpc) is 3.20. The fraction of sp³-hybridized carbons (Fsp3) is 0.913. The van der Waals surface area contributed by atoms with E-state index in [1.165, 1.54) is 135 Å². The van der Waals surface area contributed by atoms with Gasteiger partial charge in [-0.3, -0.25) is 18.6 Å². The summed E-state index contributed by atoms with van der Waals surface area (Å²) in [6, 6.07) is 0. The Labute approximate surface area is 349 Å². The minimum absolute atomic E-state index is 0.178. The van der Waals surface area contributed by atoms with Gasteiger partial charge in [-0.15, -0.1) is 0 Å². The second-order valence-electron chi connectivity index (χ2n) is 16.1. The zero-order chi connectivity index (χ0) is 41.9. The second kappa shape index (κ2) is 42.8. The van der Waals surface area contributed by atoms with Gasteiger partial charge in [-0.1, -0.05) is 193 Å². The second-order valence-corrected chi connectivity index (χ2v) is 17.6. The van der Waals surface area contributed by atoms with Crippen molar-refractivity contribution in [3.05, 3.63) is 12.2 Å². The Bertz CT molecular complexity index is 961. The number of carbonyl (C=O) groups is 2. The number of esters is 2. The Morgan fingerprint density at radius 3 is 1.30 bits per heavy atom. The topological polar surface area (TPSA) is 149 Å². The van der Waals surface area contributed by atoms with Gasteiger partial charge in [-0.05, 0) is 38.5 Å². The van der Waals surface area contributed by atoms with Gasteiger partial charge in [0.2, 0.25) is 0 Å². The van der Waals surface area contributed by atoms with Crippen LogP contribution in [0.1, 0.15) is 232 Å². The highest BCUT2D eigenvalue weighted by atomic mass is 31.2. The Kier molecular flexibility index (Phi) is 41.9. The van der Waals surface area contributed by atoms with E-state index in [4.69, 9.17) is 23.6 Å². The van der Waals surface area contributed by atoms with Crippen molar-refractivity contribution in [3.63, 3.8) is 0 Å². The zero-order valence-corrected chi connectivity index (χ0v) is 37.7. The minimum Gasteiger partial charge on any atom is -0.462 e. The molecule has 0 aromatic carbocycles. The molecule has 0 radical (unpaired) electrons. The molecule has 0 aromatic heterocycles. The van der Waals surface area contributed by atoms with Crippen LogP contribution >= 0.6 is 7.82 Å². The molecule has 57 heavy (non-hydrogen) atoms. The summed E-state index contributed by atoms with van der Waals surface area (Å²) in [5, 5.41) is 18.3. The lowest BCUT2D eigenvalue weighted by atomic mass is 10.0. The lowest BCUT2D eigenvalue weighted by molar-refractivity contribution is -0.161. The molecular weight excluding hydrogens is 743 g/mol. The predicted molar refractivity (Wildman–Crippen MR) is 233 cm³/mol. The minimum atomic E-state index is -4.61. The van der Waals surface area contributed by atoms with Crippen molar-refractivity contribution in [1.82, 2.24) is 0 Å². The molecule has 10 nitrogen and oxygen atoms in total. The molecule has 3 unspecified atom stereocenters. The van der Waals surface area contributed by atoms with E-state index < -0.39 is 51.8 Å². The molecule has 0 fully saturated rings. The highest BCUT2D eigenvalue weighted by molar-refractivity contribution is 7.47. The summed E-state index contributed by atoms with van der Waals surface area (Å²) in [5.41, 5.74) is 0. The van der Waals surface area contributed by atoms with Crippen LogP contribution in [0.15, 0.2) is 12.2 Å². The van der Waals surface area contributed by atoms with Crippen molar-refractivity contribution in [1.29, 1.82) is 0 Å². The maximum absolute atomic E-state index is 12.6. The van der Waals surface area contributed by atoms with Gasteiger partial charge in [-0.25, -0.2) is 4.57 Å². The number of rotatable bonds is 45. The van der Waals surface area contributed by atoms with Gasteiger partial charge in [0.25, 0.3) is 0 Å². The number of phosphoric ester groups is 1. The normalized spacial score (nSPS) is 13.8. The molecule has 0 bridgehead atoms. The predicted octanol–water partition coefficient (Wildman–Crippen LogP) is 12.8. The van der Waals surface area contributed by atoms with Crippen LogP contribution in [-0.4, -0.2) is 65.7 Å². The molecule has 0 amide bonds. The van der Waals surface area contributed by atoms with Gasteiger partial charge in [-0.2, -0.15) is 0 Å². The third-order valence-electron chi connectivity index (χ3n) is 10.4. The summed E-state index contributed by atoms with van der Waals surface area (Å²) in [5.74, 6) is -0.923. The first-order valence-corrected chi connectivity index (χ1v) is 25.1. The first kappa shape index (κ1) is 55.7. The van der Waals surface area contributed by atoms with Crippen molar-refractivity contribution < 1.29 is 47.8 Å².